The van der Waals surface area contributed by atoms with Gasteiger partial charge in [0.25, 0.3) is 5.69 Å². The van der Waals surface area contributed by atoms with Gasteiger partial charge in [-0.2, -0.15) is 0 Å². The van der Waals surface area contributed by atoms with Gasteiger partial charge in [-0.05, 0) is 24.7 Å². The maximum Gasteiger partial charge on any atom is 0.280 e. The van der Waals surface area contributed by atoms with Crippen LogP contribution in [0.1, 0.15) is 0 Å². The number of sulfonamides is 1. The molecule has 0 radical (unpaired) electrons. The summed E-state index contributed by atoms with van der Waals surface area (Å²) in [5.74, 6) is 0. The van der Waals surface area contributed by atoms with E-state index in [1.54, 1.807) is 0 Å². The molecule has 0 saturated carbocycles. The van der Waals surface area contributed by atoms with Crippen molar-refractivity contribution in [1.29, 1.82) is 0 Å². The van der Waals surface area contributed by atoms with Gasteiger partial charge in [0.05, 0.1) is 9.82 Å². The lowest BCUT2D eigenvalue weighted by Crippen LogP contribution is -2.18. The zero-order valence-electron chi connectivity index (χ0n) is 8.56. The van der Waals surface area contributed by atoms with Crippen LogP contribution < -0.4 is 4.72 Å². The van der Waals surface area contributed by atoms with E-state index in [0.717, 1.165) is 18.2 Å². The van der Waals surface area contributed by atoms with E-state index in [1.165, 1.54) is 7.05 Å². The van der Waals surface area contributed by atoms with Gasteiger partial charge >= 0.3 is 0 Å². The van der Waals surface area contributed by atoms with E-state index in [-0.39, 0.29) is 10.6 Å². The summed E-state index contributed by atoms with van der Waals surface area (Å²) >= 11 is 0. The standard InChI is InChI=1S/C7H7N5O4S/c1-9-17(15,16)5-2-3-6(10-11-8)7(4-5)12(13)14/h2-4,9H,1H3. The second kappa shape index (κ2) is 4.78. The highest BCUT2D eigenvalue weighted by atomic mass is 32.2. The first-order chi connectivity index (χ1) is 7.92. The lowest BCUT2D eigenvalue weighted by Gasteiger charge is -2.03. The molecule has 0 amide bonds. The SMILES string of the molecule is CNS(=O)(=O)c1ccc(N=[N+]=[N-])c([N+](=O)[O-])c1. The van der Waals surface area contributed by atoms with Gasteiger partial charge < -0.3 is 0 Å². The van der Waals surface area contributed by atoms with Crippen molar-refractivity contribution in [1.82, 2.24) is 4.72 Å². The lowest BCUT2D eigenvalue weighted by atomic mass is 10.3. The number of nitrogens with zero attached hydrogens (tertiary/aromatic N) is 4. The highest BCUT2D eigenvalue weighted by Gasteiger charge is 2.19. The first-order valence-corrected chi connectivity index (χ1v) is 5.68. The van der Waals surface area contributed by atoms with Gasteiger partial charge in [-0.15, -0.1) is 0 Å². The van der Waals surface area contributed by atoms with E-state index < -0.39 is 20.6 Å². The first-order valence-electron chi connectivity index (χ1n) is 4.19. The molecule has 0 aromatic heterocycles. The smallest absolute Gasteiger partial charge is 0.258 e. The minimum Gasteiger partial charge on any atom is -0.258 e. The van der Waals surface area contributed by atoms with Crippen molar-refractivity contribution >= 4 is 21.4 Å². The zero-order valence-corrected chi connectivity index (χ0v) is 9.38. The fourth-order valence-corrected chi connectivity index (χ4v) is 1.82. The molecule has 0 aliphatic carbocycles. The third-order valence-corrected chi connectivity index (χ3v) is 3.29. The van der Waals surface area contributed by atoms with Gasteiger partial charge in [0.15, 0.2) is 0 Å². The zero-order chi connectivity index (χ0) is 13.1. The Balaban J connectivity index is 3.49. The highest BCUT2D eigenvalue weighted by Crippen LogP contribution is 2.29. The second-order valence-corrected chi connectivity index (χ2v) is 4.69. The summed E-state index contributed by atoms with van der Waals surface area (Å²) in [7, 11) is -2.59. The van der Waals surface area contributed by atoms with Crippen molar-refractivity contribution in [3.63, 3.8) is 0 Å². The van der Waals surface area contributed by atoms with Gasteiger partial charge in [-0.1, -0.05) is 5.11 Å². The van der Waals surface area contributed by atoms with Crippen LogP contribution in [0.25, 0.3) is 10.4 Å². The minimum absolute atomic E-state index is 0.243. The summed E-state index contributed by atoms with van der Waals surface area (Å²) < 4.78 is 24.8. The lowest BCUT2D eigenvalue weighted by molar-refractivity contribution is -0.384. The Kier molecular flexibility index (Phi) is 3.63. The molecule has 0 fully saturated rings. The molecule has 10 heteroatoms. The predicted octanol–water partition coefficient (Wildman–Crippen LogP) is 1.44. The number of azide groups is 1. The maximum atomic E-state index is 11.4. The van der Waals surface area contributed by atoms with Crippen molar-refractivity contribution in [2.45, 2.75) is 4.90 Å². The summed E-state index contributed by atoms with van der Waals surface area (Å²) in [5, 5.41) is 13.8. The average Bonchev–Trinajstić information content (AvgIpc) is 2.29. The number of nitrogens with one attached hydrogen (secondary N) is 1. The summed E-state index contributed by atoms with van der Waals surface area (Å²) in [6, 6.07) is 3.01. The van der Waals surface area contributed by atoms with E-state index in [2.05, 4.69) is 10.0 Å². The molecule has 0 bridgehead atoms. The van der Waals surface area contributed by atoms with Gasteiger partial charge in [-0.25, -0.2) is 13.1 Å². The number of hydrogen-bond acceptors (Lipinski definition) is 5. The summed E-state index contributed by atoms with van der Waals surface area (Å²) in [6.07, 6.45) is 0. The van der Waals surface area contributed by atoms with Crippen molar-refractivity contribution in [2.24, 2.45) is 5.11 Å². The van der Waals surface area contributed by atoms with Crippen LogP contribution in [0.2, 0.25) is 0 Å². The first kappa shape index (κ1) is 12.9. The molecular formula is C7H7N5O4S. The molecule has 0 unspecified atom stereocenters. The molecule has 17 heavy (non-hydrogen) atoms. The Hall–Kier alpha value is -2.16. The Bertz CT molecular complexity index is 605. The molecule has 0 spiro atoms. The fraction of sp³-hybridized carbons (Fsp3) is 0.143. The van der Waals surface area contributed by atoms with Crippen LogP contribution in [-0.4, -0.2) is 20.4 Å². The molecular weight excluding hydrogens is 250 g/mol. The molecule has 1 N–H and O–H groups in total. The van der Waals surface area contributed by atoms with E-state index in [9.17, 15) is 18.5 Å². The fourth-order valence-electron chi connectivity index (χ4n) is 1.07. The third-order valence-electron chi connectivity index (χ3n) is 1.88. The molecule has 90 valence electrons. The maximum absolute atomic E-state index is 11.4. The van der Waals surface area contributed by atoms with Crippen molar-refractivity contribution in [3.8, 4) is 0 Å². The third kappa shape index (κ3) is 2.69. The second-order valence-electron chi connectivity index (χ2n) is 2.80. The molecule has 0 atom stereocenters. The van der Waals surface area contributed by atoms with Gasteiger partial charge in [0, 0.05) is 11.0 Å². The largest absolute Gasteiger partial charge is 0.280 e. The highest BCUT2D eigenvalue weighted by molar-refractivity contribution is 7.89. The molecule has 9 nitrogen and oxygen atoms in total. The van der Waals surface area contributed by atoms with Crippen LogP contribution in [0.4, 0.5) is 11.4 Å². The average molecular weight is 257 g/mol. The number of nitro benzene ring substituents is 1. The number of rotatable bonds is 4. The molecule has 0 aliphatic heterocycles. The van der Waals surface area contributed by atoms with Gasteiger partial charge in [0.1, 0.15) is 5.69 Å². The minimum atomic E-state index is -3.78. The number of hydrogen-bond donors (Lipinski definition) is 1. The van der Waals surface area contributed by atoms with Crippen molar-refractivity contribution in [3.05, 3.63) is 38.8 Å². The van der Waals surface area contributed by atoms with Crippen LogP contribution in [-0.2, 0) is 10.0 Å². The van der Waals surface area contributed by atoms with E-state index in [1.807, 2.05) is 4.72 Å². The molecule has 1 aromatic rings. The molecule has 1 rings (SSSR count). The molecule has 0 saturated heterocycles. The van der Waals surface area contributed by atoms with E-state index >= 15 is 0 Å². The van der Waals surface area contributed by atoms with Crippen molar-refractivity contribution < 1.29 is 13.3 Å². The number of nitro groups is 1. The van der Waals surface area contributed by atoms with Crippen LogP contribution in [0.5, 0.6) is 0 Å². The number of benzene rings is 1. The quantitative estimate of drug-likeness (QED) is 0.286. The van der Waals surface area contributed by atoms with Crippen LogP contribution in [0.3, 0.4) is 0 Å². The van der Waals surface area contributed by atoms with Gasteiger partial charge in [0.2, 0.25) is 10.0 Å². The Morgan fingerprint density at radius 2 is 2.18 bits per heavy atom. The molecule has 0 heterocycles. The van der Waals surface area contributed by atoms with Gasteiger partial charge in [-0.3, -0.25) is 10.1 Å². The Morgan fingerprint density at radius 1 is 1.53 bits per heavy atom. The van der Waals surface area contributed by atoms with Crippen LogP contribution >= 0.6 is 0 Å². The topological polar surface area (TPSA) is 138 Å². The normalized spacial score (nSPS) is 10.6. The van der Waals surface area contributed by atoms with Crippen LogP contribution in [0, 0.1) is 10.1 Å². The van der Waals surface area contributed by atoms with Crippen LogP contribution in [0.15, 0.2) is 28.2 Å². The van der Waals surface area contributed by atoms with E-state index in [4.69, 9.17) is 5.53 Å². The molecule has 1 aromatic carbocycles. The van der Waals surface area contributed by atoms with Crippen molar-refractivity contribution in [2.75, 3.05) is 7.05 Å². The monoisotopic (exact) mass is 257 g/mol. The predicted molar refractivity (Wildman–Crippen MR) is 58.1 cm³/mol. The molecule has 0 aliphatic rings. The summed E-state index contributed by atoms with van der Waals surface area (Å²) in [5.41, 5.74) is 7.39. The summed E-state index contributed by atoms with van der Waals surface area (Å²) in [6.45, 7) is 0. The van der Waals surface area contributed by atoms with E-state index in [0.29, 0.717) is 0 Å². The Morgan fingerprint density at radius 3 is 2.65 bits per heavy atom. The Labute approximate surface area is 95.9 Å². The summed E-state index contributed by atoms with van der Waals surface area (Å²) in [4.78, 5) is 12.0.